The van der Waals surface area contributed by atoms with Crippen LogP contribution in [-0.2, 0) is 6.54 Å². The average Bonchev–Trinajstić information content (AvgIpc) is 2.93. The van der Waals surface area contributed by atoms with E-state index < -0.39 is 5.97 Å². The second kappa shape index (κ2) is 5.14. The molecule has 3 aromatic rings. The summed E-state index contributed by atoms with van der Waals surface area (Å²) in [7, 11) is 0. The third-order valence-corrected chi connectivity index (χ3v) is 3.72. The number of rotatable bonds is 3. The molecule has 0 bridgehead atoms. The van der Waals surface area contributed by atoms with Crippen molar-refractivity contribution in [3.05, 3.63) is 52.4 Å². The first-order valence-corrected chi connectivity index (χ1v) is 6.61. The molecule has 0 aliphatic rings. The molecule has 0 saturated carbocycles. The number of aromatic carboxylic acids is 1. The number of aryl methyl sites for hydroxylation is 1. The minimum atomic E-state index is -1.12. The van der Waals surface area contributed by atoms with E-state index in [0.29, 0.717) is 10.7 Å². The van der Waals surface area contributed by atoms with Crippen molar-refractivity contribution < 1.29 is 9.90 Å². The van der Waals surface area contributed by atoms with Crippen LogP contribution in [0.5, 0.6) is 0 Å². The maximum atomic E-state index is 10.8. The molecule has 0 radical (unpaired) electrons. The van der Waals surface area contributed by atoms with Crippen LogP contribution in [0.2, 0.25) is 5.02 Å². The zero-order chi connectivity index (χ0) is 15.0. The molecule has 6 nitrogen and oxygen atoms in total. The first kappa shape index (κ1) is 13.5. The molecule has 0 aliphatic heterocycles. The Morgan fingerprint density at radius 3 is 2.86 bits per heavy atom. The van der Waals surface area contributed by atoms with E-state index in [1.54, 1.807) is 0 Å². The largest absolute Gasteiger partial charge is 0.476 e. The van der Waals surface area contributed by atoms with Crippen molar-refractivity contribution in [2.24, 2.45) is 0 Å². The van der Waals surface area contributed by atoms with Gasteiger partial charge in [0.15, 0.2) is 5.69 Å². The molecule has 7 heteroatoms. The Hall–Kier alpha value is -2.47. The normalized spacial score (nSPS) is 11.0. The number of carboxylic acid groups (broad SMARTS) is 1. The van der Waals surface area contributed by atoms with Crippen LogP contribution in [0.1, 0.15) is 21.7 Å². The average molecular weight is 303 g/mol. The van der Waals surface area contributed by atoms with Gasteiger partial charge in [-0.3, -0.25) is 0 Å². The number of pyridine rings is 1. The number of fused-ring (bicyclic) bond motifs is 1. The Balaban J connectivity index is 2.03. The van der Waals surface area contributed by atoms with Crippen LogP contribution in [0.25, 0.3) is 10.9 Å². The summed E-state index contributed by atoms with van der Waals surface area (Å²) in [4.78, 5) is 15.3. The standard InChI is InChI=1S/C14H11ClN4O2/c1-8-9-4-2-3-5-10(9)16-11(13(8)15)6-19-7-12(14(20)21)17-18-19/h2-5,7H,6H2,1H3,(H,20,21). The number of halogens is 1. The van der Waals surface area contributed by atoms with Gasteiger partial charge in [0, 0.05) is 5.39 Å². The zero-order valence-corrected chi connectivity index (χ0v) is 11.9. The van der Waals surface area contributed by atoms with Crippen LogP contribution in [-0.4, -0.2) is 31.1 Å². The van der Waals surface area contributed by atoms with E-state index in [1.807, 2.05) is 31.2 Å². The monoisotopic (exact) mass is 302 g/mol. The topological polar surface area (TPSA) is 80.9 Å². The van der Waals surface area contributed by atoms with Gasteiger partial charge in [-0.05, 0) is 18.6 Å². The van der Waals surface area contributed by atoms with E-state index in [2.05, 4.69) is 15.3 Å². The van der Waals surface area contributed by atoms with Crippen molar-refractivity contribution in [3.8, 4) is 0 Å². The number of carboxylic acids is 1. The lowest BCUT2D eigenvalue weighted by Gasteiger charge is -2.09. The second-order valence-electron chi connectivity index (χ2n) is 4.62. The maximum Gasteiger partial charge on any atom is 0.358 e. The molecule has 3 rings (SSSR count). The van der Waals surface area contributed by atoms with E-state index in [4.69, 9.17) is 16.7 Å². The van der Waals surface area contributed by atoms with Gasteiger partial charge in [-0.1, -0.05) is 35.0 Å². The molecule has 1 aromatic carbocycles. The molecule has 0 fully saturated rings. The van der Waals surface area contributed by atoms with Gasteiger partial charge in [-0.15, -0.1) is 5.10 Å². The lowest BCUT2D eigenvalue weighted by atomic mass is 10.1. The van der Waals surface area contributed by atoms with E-state index in [0.717, 1.165) is 16.5 Å². The first-order chi connectivity index (χ1) is 10.1. The summed E-state index contributed by atoms with van der Waals surface area (Å²) < 4.78 is 1.41. The molecule has 0 amide bonds. The number of aromatic nitrogens is 4. The number of nitrogens with zero attached hydrogens (tertiary/aromatic N) is 4. The summed E-state index contributed by atoms with van der Waals surface area (Å²) in [6.07, 6.45) is 1.35. The molecule has 21 heavy (non-hydrogen) atoms. The number of para-hydroxylation sites is 1. The summed E-state index contributed by atoms with van der Waals surface area (Å²) in [5, 5.41) is 17.7. The Kier molecular flexibility index (Phi) is 3.31. The van der Waals surface area contributed by atoms with Crippen molar-refractivity contribution in [1.82, 2.24) is 20.0 Å². The fourth-order valence-corrected chi connectivity index (χ4v) is 2.35. The lowest BCUT2D eigenvalue weighted by Crippen LogP contribution is -2.05. The van der Waals surface area contributed by atoms with Gasteiger partial charge in [0.05, 0.1) is 29.0 Å². The SMILES string of the molecule is Cc1c(Cl)c(Cn2cc(C(=O)O)nn2)nc2ccccc12. The van der Waals surface area contributed by atoms with Crippen LogP contribution >= 0.6 is 11.6 Å². The molecular weight excluding hydrogens is 292 g/mol. The molecule has 1 N–H and O–H groups in total. The van der Waals surface area contributed by atoms with Crippen molar-refractivity contribution >= 4 is 28.5 Å². The van der Waals surface area contributed by atoms with Gasteiger partial charge < -0.3 is 5.11 Å². The highest BCUT2D eigenvalue weighted by Gasteiger charge is 2.13. The van der Waals surface area contributed by atoms with Crippen molar-refractivity contribution in [1.29, 1.82) is 0 Å². The Morgan fingerprint density at radius 2 is 2.14 bits per heavy atom. The predicted octanol–water partition coefficient (Wildman–Crippen LogP) is 2.53. The summed E-state index contributed by atoms with van der Waals surface area (Å²) in [6.45, 7) is 2.20. The van der Waals surface area contributed by atoms with Crippen LogP contribution in [0.3, 0.4) is 0 Å². The Labute approximate surface area is 125 Å². The molecule has 0 unspecified atom stereocenters. The summed E-state index contributed by atoms with van der Waals surface area (Å²) in [6, 6.07) is 7.71. The number of benzene rings is 1. The predicted molar refractivity (Wildman–Crippen MR) is 77.6 cm³/mol. The fourth-order valence-electron chi connectivity index (χ4n) is 2.15. The minimum Gasteiger partial charge on any atom is -0.476 e. The Bertz CT molecular complexity index is 844. The van der Waals surface area contributed by atoms with E-state index in [1.165, 1.54) is 10.9 Å². The molecule has 2 aromatic heterocycles. The minimum absolute atomic E-state index is 0.108. The molecule has 106 valence electrons. The number of carbonyl (C=O) groups is 1. The van der Waals surface area contributed by atoms with E-state index in [9.17, 15) is 4.79 Å². The van der Waals surface area contributed by atoms with Crippen molar-refractivity contribution in [2.45, 2.75) is 13.5 Å². The summed E-state index contributed by atoms with van der Waals surface area (Å²) in [5.74, 6) is -1.12. The van der Waals surface area contributed by atoms with Gasteiger partial charge in [-0.2, -0.15) is 0 Å². The molecular formula is C14H11ClN4O2. The van der Waals surface area contributed by atoms with Gasteiger partial charge in [-0.25, -0.2) is 14.5 Å². The first-order valence-electron chi connectivity index (χ1n) is 6.23. The fraction of sp³-hybridized carbons (Fsp3) is 0.143. The molecule has 0 saturated heterocycles. The molecule has 0 aliphatic carbocycles. The lowest BCUT2D eigenvalue weighted by molar-refractivity contribution is 0.0690. The Morgan fingerprint density at radius 1 is 1.38 bits per heavy atom. The molecule has 2 heterocycles. The van der Waals surface area contributed by atoms with Crippen LogP contribution in [0.15, 0.2) is 30.5 Å². The zero-order valence-electron chi connectivity index (χ0n) is 11.1. The van der Waals surface area contributed by atoms with Gasteiger partial charge in [0.2, 0.25) is 0 Å². The van der Waals surface area contributed by atoms with Crippen LogP contribution in [0, 0.1) is 6.92 Å². The third-order valence-electron chi connectivity index (χ3n) is 3.22. The number of hydrogen-bond donors (Lipinski definition) is 1. The summed E-state index contributed by atoms with van der Waals surface area (Å²) in [5.41, 5.74) is 2.31. The van der Waals surface area contributed by atoms with Gasteiger partial charge >= 0.3 is 5.97 Å². The second-order valence-corrected chi connectivity index (χ2v) is 5.00. The smallest absolute Gasteiger partial charge is 0.358 e. The van der Waals surface area contributed by atoms with Crippen molar-refractivity contribution in [2.75, 3.05) is 0 Å². The van der Waals surface area contributed by atoms with Gasteiger partial charge in [0.1, 0.15) is 0 Å². The van der Waals surface area contributed by atoms with E-state index in [-0.39, 0.29) is 12.2 Å². The van der Waals surface area contributed by atoms with Gasteiger partial charge in [0.25, 0.3) is 0 Å². The summed E-state index contributed by atoms with van der Waals surface area (Å²) >= 11 is 6.35. The third kappa shape index (κ3) is 2.45. The quantitative estimate of drug-likeness (QED) is 0.804. The van der Waals surface area contributed by atoms with Crippen LogP contribution < -0.4 is 0 Å². The molecule has 0 atom stereocenters. The highest BCUT2D eigenvalue weighted by molar-refractivity contribution is 6.32. The highest BCUT2D eigenvalue weighted by atomic mass is 35.5. The molecule has 0 spiro atoms. The van der Waals surface area contributed by atoms with Crippen molar-refractivity contribution in [3.63, 3.8) is 0 Å². The highest BCUT2D eigenvalue weighted by Crippen LogP contribution is 2.27. The number of hydrogen-bond acceptors (Lipinski definition) is 4. The van der Waals surface area contributed by atoms with E-state index >= 15 is 0 Å². The van der Waals surface area contributed by atoms with Crippen LogP contribution in [0.4, 0.5) is 0 Å². The maximum absolute atomic E-state index is 10.8.